The van der Waals surface area contributed by atoms with Gasteiger partial charge in [0.15, 0.2) is 0 Å². The second-order valence-electron chi connectivity index (χ2n) is 6.06. The summed E-state index contributed by atoms with van der Waals surface area (Å²) in [7, 11) is 0. The van der Waals surface area contributed by atoms with Crippen LogP contribution in [-0.4, -0.2) is 4.98 Å². The fourth-order valence-corrected chi connectivity index (χ4v) is 3.41. The monoisotopic (exact) mass is 285 g/mol. The summed E-state index contributed by atoms with van der Waals surface area (Å²) in [4.78, 5) is 4.83. The van der Waals surface area contributed by atoms with Crippen molar-refractivity contribution in [2.75, 3.05) is 0 Å². The number of benzene rings is 2. The Labute approximate surface area is 131 Å². The molecule has 1 aliphatic rings. The fraction of sp³-hybridized carbons (Fsp3) is 0.190. The first-order chi connectivity index (χ1) is 10.8. The maximum atomic E-state index is 4.83. The van der Waals surface area contributed by atoms with E-state index in [4.69, 9.17) is 4.98 Å². The molecule has 3 aromatic rings. The average molecular weight is 285 g/mol. The average Bonchev–Trinajstić information content (AvgIpc) is 3.05. The molecule has 0 saturated heterocycles. The van der Waals surface area contributed by atoms with Crippen LogP contribution in [0.5, 0.6) is 0 Å². The van der Waals surface area contributed by atoms with Crippen molar-refractivity contribution in [1.82, 2.24) is 4.98 Å². The molecule has 0 spiro atoms. The maximum absolute atomic E-state index is 4.83. The number of rotatable bonds is 2. The molecule has 0 radical (unpaired) electrons. The van der Waals surface area contributed by atoms with E-state index in [1.54, 1.807) is 0 Å². The largest absolute Gasteiger partial charge is 0.255 e. The van der Waals surface area contributed by atoms with E-state index in [-0.39, 0.29) is 0 Å². The molecular weight excluding hydrogens is 266 g/mol. The molecule has 0 N–H and O–H groups in total. The van der Waals surface area contributed by atoms with Crippen molar-refractivity contribution in [3.05, 3.63) is 77.5 Å². The first kappa shape index (κ1) is 13.3. The first-order valence-electron chi connectivity index (χ1n) is 7.96. The smallest absolute Gasteiger partial charge is 0.0737 e. The van der Waals surface area contributed by atoms with Gasteiger partial charge in [-0.15, -0.1) is 0 Å². The summed E-state index contributed by atoms with van der Waals surface area (Å²) in [6.07, 6.45) is 5.61. The van der Waals surface area contributed by atoms with Gasteiger partial charge in [-0.1, -0.05) is 60.2 Å². The highest BCUT2D eigenvalue weighted by Crippen LogP contribution is 2.37. The molecule has 1 heterocycles. The predicted molar refractivity (Wildman–Crippen MR) is 91.9 cm³/mol. The van der Waals surface area contributed by atoms with E-state index in [2.05, 4.69) is 67.7 Å². The quantitative estimate of drug-likeness (QED) is 0.629. The minimum Gasteiger partial charge on any atom is -0.255 e. The molecule has 108 valence electrons. The van der Waals surface area contributed by atoms with Gasteiger partial charge in [0.2, 0.25) is 0 Å². The van der Waals surface area contributed by atoms with Gasteiger partial charge in [0, 0.05) is 17.3 Å². The summed E-state index contributed by atoms with van der Waals surface area (Å²) < 4.78 is 0. The Bertz CT molecular complexity index is 801. The molecule has 0 saturated carbocycles. The molecule has 1 heteroatoms. The van der Waals surface area contributed by atoms with Gasteiger partial charge in [-0.05, 0) is 42.9 Å². The van der Waals surface area contributed by atoms with Crippen LogP contribution in [0, 0.1) is 6.92 Å². The number of aryl methyl sites for hydroxylation is 1. The second kappa shape index (κ2) is 5.42. The Morgan fingerprint density at radius 2 is 1.50 bits per heavy atom. The van der Waals surface area contributed by atoms with Gasteiger partial charge in [-0.25, -0.2) is 0 Å². The highest BCUT2D eigenvalue weighted by atomic mass is 14.7. The minimum absolute atomic E-state index is 1.15. The van der Waals surface area contributed by atoms with E-state index in [0.717, 1.165) is 6.42 Å². The van der Waals surface area contributed by atoms with Gasteiger partial charge >= 0.3 is 0 Å². The molecule has 0 amide bonds. The fourth-order valence-electron chi connectivity index (χ4n) is 3.41. The van der Waals surface area contributed by atoms with E-state index in [9.17, 15) is 0 Å². The Morgan fingerprint density at radius 1 is 0.773 bits per heavy atom. The van der Waals surface area contributed by atoms with E-state index >= 15 is 0 Å². The molecule has 4 rings (SSSR count). The van der Waals surface area contributed by atoms with Crippen LogP contribution in [0.2, 0.25) is 0 Å². The van der Waals surface area contributed by atoms with Crippen LogP contribution >= 0.6 is 0 Å². The molecule has 22 heavy (non-hydrogen) atoms. The molecule has 0 unspecified atom stereocenters. The Balaban J connectivity index is 1.87. The third-order valence-electron chi connectivity index (χ3n) is 4.56. The molecule has 1 nitrogen and oxygen atoms in total. The second-order valence-corrected chi connectivity index (χ2v) is 6.06. The van der Waals surface area contributed by atoms with Crippen molar-refractivity contribution in [3.8, 4) is 22.4 Å². The number of fused-ring (bicyclic) bond motifs is 1. The lowest BCUT2D eigenvalue weighted by Gasteiger charge is -2.13. The molecule has 0 atom stereocenters. The molecule has 0 fully saturated rings. The van der Waals surface area contributed by atoms with E-state index < -0.39 is 0 Å². The predicted octanol–water partition coefficient (Wildman–Crippen LogP) is 5.21. The van der Waals surface area contributed by atoms with Crippen molar-refractivity contribution < 1.29 is 0 Å². The van der Waals surface area contributed by atoms with Crippen LogP contribution in [0.25, 0.3) is 22.4 Å². The highest BCUT2D eigenvalue weighted by molar-refractivity contribution is 5.75. The summed E-state index contributed by atoms with van der Waals surface area (Å²) in [5, 5.41) is 0. The van der Waals surface area contributed by atoms with Gasteiger partial charge in [-0.3, -0.25) is 4.98 Å². The van der Waals surface area contributed by atoms with Gasteiger partial charge < -0.3 is 0 Å². The first-order valence-corrected chi connectivity index (χ1v) is 7.96. The molecule has 1 aromatic heterocycles. The minimum atomic E-state index is 1.15. The van der Waals surface area contributed by atoms with Crippen molar-refractivity contribution in [2.45, 2.75) is 26.2 Å². The molecule has 2 aromatic carbocycles. The Kier molecular flexibility index (Phi) is 3.27. The SMILES string of the molecule is Cc1ccc(-c2ncc(-c3ccccc3)c3c2CCC3)cc1. The van der Waals surface area contributed by atoms with Crippen LogP contribution in [-0.2, 0) is 12.8 Å². The lowest BCUT2D eigenvalue weighted by molar-refractivity contribution is 0.912. The van der Waals surface area contributed by atoms with Crippen molar-refractivity contribution in [1.29, 1.82) is 0 Å². The van der Waals surface area contributed by atoms with Gasteiger partial charge in [0.25, 0.3) is 0 Å². The normalized spacial score (nSPS) is 13.1. The zero-order valence-electron chi connectivity index (χ0n) is 12.8. The van der Waals surface area contributed by atoms with Crippen LogP contribution in [0.15, 0.2) is 60.8 Å². The third kappa shape index (κ3) is 2.23. The lowest BCUT2D eigenvalue weighted by Crippen LogP contribution is -1.96. The molecule has 0 aliphatic heterocycles. The Morgan fingerprint density at radius 3 is 2.27 bits per heavy atom. The topological polar surface area (TPSA) is 12.9 Å². The van der Waals surface area contributed by atoms with Gasteiger partial charge in [0.1, 0.15) is 0 Å². The van der Waals surface area contributed by atoms with Crippen molar-refractivity contribution >= 4 is 0 Å². The summed E-state index contributed by atoms with van der Waals surface area (Å²) in [6, 6.07) is 19.4. The van der Waals surface area contributed by atoms with Crippen molar-refractivity contribution in [3.63, 3.8) is 0 Å². The van der Waals surface area contributed by atoms with Gasteiger partial charge in [0.05, 0.1) is 5.69 Å². The summed E-state index contributed by atoms with van der Waals surface area (Å²) in [5.41, 5.74) is 9.24. The summed E-state index contributed by atoms with van der Waals surface area (Å²) >= 11 is 0. The van der Waals surface area contributed by atoms with E-state index in [0.29, 0.717) is 0 Å². The zero-order chi connectivity index (χ0) is 14.9. The zero-order valence-corrected chi connectivity index (χ0v) is 12.8. The summed E-state index contributed by atoms with van der Waals surface area (Å²) in [6.45, 7) is 2.13. The molecule has 1 aliphatic carbocycles. The number of aromatic nitrogens is 1. The number of hydrogen-bond acceptors (Lipinski definition) is 1. The van der Waals surface area contributed by atoms with Crippen LogP contribution < -0.4 is 0 Å². The van der Waals surface area contributed by atoms with Gasteiger partial charge in [-0.2, -0.15) is 0 Å². The molecule has 0 bridgehead atoms. The third-order valence-corrected chi connectivity index (χ3v) is 4.56. The number of nitrogens with zero attached hydrogens (tertiary/aromatic N) is 1. The van der Waals surface area contributed by atoms with E-state index in [1.165, 1.54) is 51.9 Å². The Hall–Kier alpha value is -2.41. The standard InChI is InChI=1S/C21H19N/c1-15-10-12-17(13-11-15)21-19-9-5-8-18(19)20(14-22-21)16-6-3-2-4-7-16/h2-4,6-7,10-14H,5,8-9H2,1H3. The number of pyridine rings is 1. The highest BCUT2D eigenvalue weighted by Gasteiger charge is 2.21. The van der Waals surface area contributed by atoms with Crippen LogP contribution in [0.4, 0.5) is 0 Å². The van der Waals surface area contributed by atoms with E-state index in [1.807, 2.05) is 0 Å². The molecular formula is C21H19N. The van der Waals surface area contributed by atoms with Crippen LogP contribution in [0.3, 0.4) is 0 Å². The summed E-state index contributed by atoms with van der Waals surface area (Å²) in [5.74, 6) is 0. The van der Waals surface area contributed by atoms with Crippen LogP contribution in [0.1, 0.15) is 23.1 Å². The van der Waals surface area contributed by atoms with Crippen molar-refractivity contribution in [2.24, 2.45) is 0 Å². The maximum Gasteiger partial charge on any atom is 0.0737 e. The number of hydrogen-bond donors (Lipinski definition) is 0. The lowest BCUT2D eigenvalue weighted by atomic mass is 9.95.